The largest absolute Gasteiger partial charge is 0.484 e. The first-order chi connectivity index (χ1) is 11.6. The van der Waals surface area contributed by atoms with Gasteiger partial charge in [0.15, 0.2) is 6.61 Å². The molecule has 1 saturated heterocycles. The molecule has 0 radical (unpaired) electrons. The third-order valence-electron chi connectivity index (χ3n) is 5.21. The summed E-state index contributed by atoms with van der Waals surface area (Å²) in [5.41, 5.74) is 1.74. The van der Waals surface area contributed by atoms with Crippen LogP contribution in [0.15, 0.2) is 54.6 Å². The molecule has 0 bridgehead atoms. The van der Waals surface area contributed by atoms with Gasteiger partial charge in [-0.3, -0.25) is 4.79 Å². The zero-order valence-corrected chi connectivity index (χ0v) is 13.5. The number of nitrogens with zero attached hydrogens (tertiary/aromatic N) is 1. The second-order valence-electron chi connectivity index (χ2n) is 7.01. The summed E-state index contributed by atoms with van der Waals surface area (Å²) in [6.45, 7) is 1.69. The van der Waals surface area contributed by atoms with E-state index in [1.54, 1.807) is 0 Å². The molecule has 24 heavy (non-hydrogen) atoms. The molecule has 0 unspecified atom stereocenters. The quantitative estimate of drug-likeness (QED) is 0.859. The fraction of sp³-hybridized carbons (Fsp3) is 0.350. The van der Waals surface area contributed by atoms with Crippen molar-refractivity contribution in [1.29, 1.82) is 0 Å². The maximum Gasteiger partial charge on any atom is 0.260 e. The van der Waals surface area contributed by atoms with Crippen LogP contribution in [-0.2, 0) is 4.79 Å². The van der Waals surface area contributed by atoms with E-state index in [0.29, 0.717) is 17.1 Å². The smallest absolute Gasteiger partial charge is 0.260 e. The number of benzene rings is 2. The predicted molar refractivity (Wildman–Crippen MR) is 89.3 cm³/mol. The molecule has 1 spiro atoms. The zero-order chi connectivity index (χ0) is 16.6. The van der Waals surface area contributed by atoms with Gasteiger partial charge in [0.1, 0.15) is 11.6 Å². The van der Waals surface area contributed by atoms with Gasteiger partial charge in [-0.1, -0.05) is 30.3 Å². The van der Waals surface area contributed by atoms with Gasteiger partial charge in [-0.25, -0.2) is 4.39 Å². The van der Waals surface area contributed by atoms with Gasteiger partial charge in [0.05, 0.1) is 0 Å². The summed E-state index contributed by atoms with van der Waals surface area (Å²) in [4.78, 5) is 14.0. The van der Waals surface area contributed by atoms with Crippen LogP contribution in [0.3, 0.4) is 0 Å². The number of hydrogen-bond acceptors (Lipinski definition) is 2. The van der Waals surface area contributed by atoms with E-state index in [1.807, 2.05) is 11.0 Å². The molecule has 0 atom stereocenters. The molecule has 2 aliphatic rings. The van der Waals surface area contributed by atoms with E-state index in [2.05, 4.69) is 24.3 Å². The van der Waals surface area contributed by atoms with Crippen LogP contribution in [0.2, 0.25) is 0 Å². The summed E-state index contributed by atoms with van der Waals surface area (Å²) >= 11 is 0. The minimum atomic E-state index is -0.309. The molecule has 2 fully saturated rings. The minimum Gasteiger partial charge on any atom is -0.484 e. The lowest BCUT2D eigenvalue weighted by Gasteiger charge is -2.59. The first kappa shape index (κ1) is 15.2. The normalized spacial score (nSPS) is 18.8. The molecule has 1 amide bonds. The van der Waals surface area contributed by atoms with E-state index in [0.717, 1.165) is 13.1 Å². The molecule has 4 heteroatoms. The van der Waals surface area contributed by atoms with Crippen molar-refractivity contribution in [3.8, 4) is 5.75 Å². The zero-order valence-electron chi connectivity index (χ0n) is 13.5. The predicted octanol–water partition coefficient (Wildman–Crippen LogP) is 3.61. The summed E-state index contributed by atoms with van der Waals surface area (Å²) in [5.74, 6) is 0.858. The molecule has 1 saturated carbocycles. The van der Waals surface area contributed by atoms with Crippen LogP contribution in [0, 0.1) is 11.2 Å². The lowest BCUT2D eigenvalue weighted by atomic mass is 9.56. The second-order valence-corrected chi connectivity index (χ2v) is 7.01. The fourth-order valence-corrected chi connectivity index (χ4v) is 3.91. The molecule has 1 aliphatic carbocycles. The Hall–Kier alpha value is -2.36. The average molecular weight is 325 g/mol. The molecule has 4 rings (SSSR count). The highest BCUT2D eigenvalue weighted by atomic mass is 19.1. The Kier molecular flexibility index (Phi) is 3.75. The third-order valence-corrected chi connectivity index (χ3v) is 5.21. The molecule has 1 aliphatic heterocycles. The Morgan fingerprint density at radius 1 is 1.08 bits per heavy atom. The first-order valence-corrected chi connectivity index (χ1v) is 8.35. The fourth-order valence-electron chi connectivity index (χ4n) is 3.91. The molecule has 3 nitrogen and oxygen atoms in total. The number of carbonyl (C=O) groups is 1. The Morgan fingerprint density at radius 2 is 1.75 bits per heavy atom. The van der Waals surface area contributed by atoms with Gasteiger partial charge in [-0.2, -0.15) is 0 Å². The third kappa shape index (κ3) is 2.88. The van der Waals surface area contributed by atoms with E-state index in [4.69, 9.17) is 4.74 Å². The van der Waals surface area contributed by atoms with E-state index in [-0.39, 0.29) is 18.3 Å². The summed E-state index contributed by atoms with van der Waals surface area (Å²) in [6, 6.07) is 16.3. The molecule has 2 aromatic carbocycles. The summed E-state index contributed by atoms with van der Waals surface area (Å²) in [6.07, 6.45) is 2.33. The van der Waals surface area contributed by atoms with E-state index < -0.39 is 0 Å². The molecular formula is C20H20FNO2. The van der Waals surface area contributed by atoms with Gasteiger partial charge in [0.2, 0.25) is 0 Å². The van der Waals surface area contributed by atoms with Crippen molar-refractivity contribution in [1.82, 2.24) is 4.90 Å². The highest BCUT2D eigenvalue weighted by molar-refractivity contribution is 5.79. The van der Waals surface area contributed by atoms with Crippen molar-refractivity contribution in [2.24, 2.45) is 5.41 Å². The average Bonchev–Trinajstić information content (AvgIpc) is 2.53. The van der Waals surface area contributed by atoms with Crippen LogP contribution < -0.4 is 4.74 Å². The van der Waals surface area contributed by atoms with E-state index in [1.165, 1.54) is 42.7 Å². The number of carbonyl (C=O) groups excluding carboxylic acids is 1. The van der Waals surface area contributed by atoms with Crippen molar-refractivity contribution in [2.45, 2.75) is 18.8 Å². The van der Waals surface area contributed by atoms with Crippen molar-refractivity contribution < 1.29 is 13.9 Å². The van der Waals surface area contributed by atoms with Gasteiger partial charge < -0.3 is 9.64 Å². The number of ether oxygens (including phenoxy) is 1. The van der Waals surface area contributed by atoms with Gasteiger partial charge in [0, 0.05) is 18.5 Å². The van der Waals surface area contributed by atoms with Crippen molar-refractivity contribution >= 4 is 5.91 Å². The van der Waals surface area contributed by atoms with Crippen LogP contribution in [0.25, 0.3) is 0 Å². The molecular weight excluding hydrogens is 305 g/mol. The Labute approximate surface area is 141 Å². The highest BCUT2D eigenvalue weighted by Gasteiger charge is 2.53. The van der Waals surface area contributed by atoms with Crippen LogP contribution in [0.4, 0.5) is 4.39 Å². The Morgan fingerprint density at radius 3 is 2.42 bits per heavy atom. The van der Waals surface area contributed by atoms with E-state index >= 15 is 0 Å². The van der Waals surface area contributed by atoms with Crippen LogP contribution in [0.5, 0.6) is 5.75 Å². The van der Waals surface area contributed by atoms with E-state index in [9.17, 15) is 9.18 Å². The van der Waals surface area contributed by atoms with Gasteiger partial charge in [-0.05, 0) is 48.6 Å². The molecule has 0 N–H and O–H groups in total. The Balaban J connectivity index is 1.23. The number of amides is 1. The van der Waals surface area contributed by atoms with Crippen LogP contribution in [0.1, 0.15) is 24.3 Å². The lowest BCUT2D eigenvalue weighted by molar-refractivity contribution is -0.153. The molecule has 2 aromatic rings. The van der Waals surface area contributed by atoms with Gasteiger partial charge in [-0.15, -0.1) is 0 Å². The van der Waals surface area contributed by atoms with Gasteiger partial charge in [0.25, 0.3) is 5.91 Å². The number of halogens is 1. The summed E-state index contributed by atoms with van der Waals surface area (Å²) < 4.78 is 18.3. The standard InChI is InChI=1S/C20H20FNO2/c21-17-6-8-18(9-7-17)24-12-19(23)22-13-20(14-22)10-16(11-20)15-4-2-1-3-5-15/h1-9,16H,10-14H2. The molecule has 124 valence electrons. The maximum atomic E-state index is 12.8. The second kappa shape index (κ2) is 5.93. The van der Waals surface area contributed by atoms with Crippen LogP contribution >= 0.6 is 0 Å². The van der Waals surface area contributed by atoms with Crippen LogP contribution in [-0.4, -0.2) is 30.5 Å². The molecule has 0 aromatic heterocycles. The summed E-state index contributed by atoms with van der Waals surface area (Å²) in [7, 11) is 0. The number of rotatable bonds is 4. The molecule has 1 heterocycles. The number of likely N-dealkylation sites (tertiary alicyclic amines) is 1. The highest BCUT2D eigenvalue weighted by Crippen LogP contribution is 2.55. The van der Waals surface area contributed by atoms with Crippen molar-refractivity contribution in [2.75, 3.05) is 19.7 Å². The first-order valence-electron chi connectivity index (χ1n) is 8.35. The van der Waals surface area contributed by atoms with Crippen molar-refractivity contribution in [3.05, 3.63) is 66.0 Å². The maximum absolute atomic E-state index is 12.8. The van der Waals surface area contributed by atoms with Gasteiger partial charge >= 0.3 is 0 Å². The van der Waals surface area contributed by atoms with Crippen molar-refractivity contribution in [3.63, 3.8) is 0 Å². The number of hydrogen-bond donors (Lipinski definition) is 0. The monoisotopic (exact) mass is 325 g/mol. The minimum absolute atomic E-state index is 0.00751. The Bertz CT molecular complexity index is 715. The lowest BCUT2D eigenvalue weighted by Crippen LogP contribution is -2.63. The topological polar surface area (TPSA) is 29.5 Å². The SMILES string of the molecule is O=C(COc1ccc(F)cc1)N1CC2(CC(c3ccccc3)C2)C1. The summed E-state index contributed by atoms with van der Waals surface area (Å²) in [5, 5.41) is 0.